The molecule has 0 heterocycles. The van der Waals surface area contributed by atoms with Crippen LogP contribution in [-0.4, -0.2) is 34.5 Å². The molecule has 0 fully saturated rings. The van der Waals surface area contributed by atoms with Gasteiger partial charge in [0.05, 0.1) is 18.0 Å². The van der Waals surface area contributed by atoms with E-state index in [9.17, 15) is 4.79 Å². The molecule has 0 bridgehead atoms. The number of aldehydes is 1. The second-order valence-corrected chi connectivity index (χ2v) is 2.72. The Morgan fingerprint density at radius 2 is 2.20 bits per heavy atom. The molecule has 0 aliphatic carbocycles. The van der Waals surface area contributed by atoms with E-state index in [0.29, 0.717) is 12.8 Å². The van der Waals surface area contributed by atoms with E-state index in [1.165, 1.54) is 0 Å². The van der Waals surface area contributed by atoms with Crippen molar-refractivity contribution in [3.05, 3.63) is 0 Å². The normalized spacial score (nSPS) is 16.3. The minimum absolute atomic E-state index is 0.164. The Morgan fingerprint density at radius 3 is 2.60 bits per heavy atom. The number of carbonyl (C=O) groups excluding carboxylic acids is 1. The fraction of sp³-hybridized carbons (Fsp3) is 0.833. The quantitative estimate of drug-likeness (QED) is 0.383. The topological polar surface area (TPSA) is 57.5 Å². The van der Waals surface area contributed by atoms with E-state index in [4.69, 9.17) is 10.2 Å². The summed E-state index contributed by atoms with van der Waals surface area (Å²) in [6.07, 6.45) is 0.746. The highest BCUT2D eigenvalue weighted by atomic mass is 32.1. The van der Waals surface area contributed by atoms with E-state index >= 15 is 0 Å². The van der Waals surface area contributed by atoms with Crippen molar-refractivity contribution >= 4 is 18.9 Å². The number of aliphatic hydroxyl groups is 2. The molecule has 0 radical (unpaired) electrons. The summed E-state index contributed by atoms with van der Waals surface area (Å²) < 4.78 is 0. The van der Waals surface area contributed by atoms with Crippen LogP contribution in [-0.2, 0) is 4.79 Å². The van der Waals surface area contributed by atoms with Crippen molar-refractivity contribution < 1.29 is 15.0 Å². The lowest BCUT2D eigenvalue weighted by Gasteiger charge is -2.13. The van der Waals surface area contributed by atoms with Crippen molar-refractivity contribution in [3.8, 4) is 0 Å². The largest absolute Gasteiger partial charge is 0.395 e. The first kappa shape index (κ1) is 9.94. The van der Waals surface area contributed by atoms with E-state index < -0.39 is 11.4 Å². The molecule has 0 spiro atoms. The van der Waals surface area contributed by atoms with Crippen molar-refractivity contribution in [2.45, 2.75) is 24.2 Å². The van der Waals surface area contributed by atoms with Crippen molar-refractivity contribution in [2.75, 3.05) is 6.61 Å². The number of aliphatic hydroxyl groups excluding tert-OH is 2. The smallest absolute Gasteiger partial charge is 0.120 e. The van der Waals surface area contributed by atoms with E-state index in [0.717, 1.165) is 6.29 Å². The molecular formula is C6H12O3S. The highest BCUT2D eigenvalue weighted by Gasteiger charge is 2.12. The average Bonchev–Trinajstić information content (AvgIpc) is 1.98. The van der Waals surface area contributed by atoms with Gasteiger partial charge in [0.25, 0.3) is 0 Å². The first-order chi connectivity index (χ1) is 4.72. The van der Waals surface area contributed by atoms with E-state index in [-0.39, 0.29) is 6.61 Å². The summed E-state index contributed by atoms with van der Waals surface area (Å²) in [6, 6.07) is 0. The Labute approximate surface area is 65.5 Å². The molecule has 4 heteroatoms. The Bertz CT molecular complexity index is 97.0. The summed E-state index contributed by atoms with van der Waals surface area (Å²) in [7, 11) is 0. The molecule has 0 unspecified atom stereocenters. The molecule has 0 aliphatic rings. The number of thiol groups is 1. The van der Waals surface area contributed by atoms with Gasteiger partial charge in [-0.3, -0.25) is 0 Å². The zero-order valence-electron chi connectivity index (χ0n) is 5.60. The summed E-state index contributed by atoms with van der Waals surface area (Å²) in [5.74, 6) is 0. The van der Waals surface area contributed by atoms with Gasteiger partial charge in [-0.05, 0) is 6.42 Å². The Kier molecular flexibility index (Phi) is 5.67. The highest BCUT2D eigenvalue weighted by Crippen LogP contribution is 2.06. The summed E-state index contributed by atoms with van der Waals surface area (Å²) in [4.78, 5) is 9.82. The Morgan fingerprint density at radius 1 is 1.60 bits per heavy atom. The molecule has 2 atom stereocenters. The second-order valence-electron chi connectivity index (χ2n) is 2.06. The molecule has 3 nitrogen and oxygen atoms in total. The van der Waals surface area contributed by atoms with Crippen LogP contribution in [0.15, 0.2) is 0 Å². The number of carbonyl (C=O) groups is 1. The molecule has 0 aromatic carbocycles. The van der Waals surface area contributed by atoms with Gasteiger partial charge in [-0.25, -0.2) is 0 Å². The predicted octanol–water partition coefficient (Wildman–Crippen LogP) is -0.383. The van der Waals surface area contributed by atoms with Crippen LogP contribution in [0, 0.1) is 0 Å². The van der Waals surface area contributed by atoms with Crippen LogP contribution >= 0.6 is 12.6 Å². The van der Waals surface area contributed by atoms with E-state index in [1.807, 2.05) is 0 Å². The van der Waals surface area contributed by atoms with Crippen LogP contribution in [0.3, 0.4) is 0 Å². The van der Waals surface area contributed by atoms with Crippen molar-refractivity contribution in [1.29, 1.82) is 0 Å². The maximum absolute atomic E-state index is 9.82. The zero-order chi connectivity index (χ0) is 7.98. The standard InChI is InChI=1S/C6H12O3S/c7-3-1-2-5(9)6(10)4-8/h3,5-6,8-10H,1-2,4H2/t5-,6-/m0/s1. The molecule has 0 saturated heterocycles. The molecule has 2 N–H and O–H groups in total. The van der Waals surface area contributed by atoms with Crippen LogP contribution in [0.4, 0.5) is 0 Å². The lowest BCUT2D eigenvalue weighted by Crippen LogP contribution is -2.24. The van der Waals surface area contributed by atoms with Gasteiger partial charge in [-0.2, -0.15) is 12.6 Å². The third-order valence-electron chi connectivity index (χ3n) is 1.21. The minimum atomic E-state index is -0.682. The minimum Gasteiger partial charge on any atom is -0.395 e. The molecule has 0 rings (SSSR count). The Balaban J connectivity index is 3.40. The molecule has 10 heavy (non-hydrogen) atoms. The summed E-state index contributed by atoms with van der Waals surface area (Å²) in [6.45, 7) is -0.164. The number of rotatable bonds is 5. The first-order valence-corrected chi connectivity index (χ1v) is 3.64. The van der Waals surface area contributed by atoms with Gasteiger partial charge in [-0.15, -0.1) is 0 Å². The molecular weight excluding hydrogens is 152 g/mol. The summed E-state index contributed by atoms with van der Waals surface area (Å²) in [5, 5.41) is 17.1. The molecule has 0 aromatic rings. The van der Waals surface area contributed by atoms with Gasteiger partial charge in [0.2, 0.25) is 0 Å². The third kappa shape index (κ3) is 3.87. The van der Waals surface area contributed by atoms with Gasteiger partial charge in [-0.1, -0.05) is 0 Å². The zero-order valence-corrected chi connectivity index (χ0v) is 6.50. The van der Waals surface area contributed by atoms with Gasteiger partial charge in [0, 0.05) is 6.42 Å². The van der Waals surface area contributed by atoms with Crippen LogP contribution in [0.2, 0.25) is 0 Å². The van der Waals surface area contributed by atoms with E-state index in [2.05, 4.69) is 12.6 Å². The monoisotopic (exact) mass is 164 g/mol. The van der Waals surface area contributed by atoms with Crippen molar-refractivity contribution in [3.63, 3.8) is 0 Å². The first-order valence-electron chi connectivity index (χ1n) is 3.13. The fourth-order valence-corrected chi connectivity index (χ4v) is 0.702. The SMILES string of the molecule is O=CCC[C@H](O)[C@@H](S)CO. The fourth-order valence-electron chi connectivity index (χ4n) is 0.553. The van der Waals surface area contributed by atoms with Gasteiger partial charge in [0.1, 0.15) is 6.29 Å². The summed E-state index contributed by atoms with van der Waals surface area (Å²) in [5.41, 5.74) is 0. The number of hydrogen-bond donors (Lipinski definition) is 3. The molecule has 0 aromatic heterocycles. The van der Waals surface area contributed by atoms with Gasteiger partial charge >= 0.3 is 0 Å². The maximum atomic E-state index is 9.82. The van der Waals surface area contributed by atoms with E-state index in [1.54, 1.807) is 0 Å². The molecule has 0 aliphatic heterocycles. The van der Waals surface area contributed by atoms with Crippen LogP contribution < -0.4 is 0 Å². The van der Waals surface area contributed by atoms with Crippen LogP contribution in [0.5, 0.6) is 0 Å². The van der Waals surface area contributed by atoms with Crippen molar-refractivity contribution in [1.82, 2.24) is 0 Å². The molecule has 0 saturated carbocycles. The maximum Gasteiger partial charge on any atom is 0.120 e. The summed E-state index contributed by atoms with van der Waals surface area (Å²) >= 11 is 3.88. The average molecular weight is 164 g/mol. The predicted molar refractivity (Wildman–Crippen MR) is 41.2 cm³/mol. The lowest BCUT2D eigenvalue weighted by atomic mass is 10.1. The van der Waals surface area contributed by atoms with Gasteiger partial charge in [0.15, 0.2) is 0 Å². The highest BCUT2D eigenvalue weighted by molar-refractivity contribution is 7.81. The van der Waals surface area contributed by atoms with Gasteiger partial charge < -0.3 is 15.0 Å². The second kappa shape index (κ2) is 5.70. The Hall–Kier alpha value is -0.0600. The number of hydrogen-bond acceptors (Lipinski definition) is 4. The third-order valence-corrected chi connectivity index (χ3v) is 1.72. The van der Waals surface area contributed by atoms with Crippen LogP contribution in [0.25, 0.3) is 0 Å². The molecule has 60 valence electrons. The van der Waals surface area contributed by atoms with Crippen LogP contribution in [0.1, 0.15) is 12.8 Å². The lowest BCUT2D eigenvalue weighted by molar-refractivity contribution is -0.108. The molecule has 0 amide bonds. The van der Waals surface area contributed by atoms with Crippen molar-refractivity contribution in [2.24, 2.45) is 0 Å².